The molecule has 0 aliphatic carbocycles. The second-order valence-corrected chi connectivity index (χ2v) is 6.07. The van der Waals surface area contributed by atoms with Crippen LogP contribution < -0.4 is 0 Å². The highest BCUT2D eigenvalue weighted by Gasteiger charge is 2.24. The molecule has 0 fully saturated rings. The van der Waals surface area contributed by atoms with Crippen molar-refractivity contribution in [3.8, 4) is 5.75 Å². The van der Waals surface area contributed by atoms with Crippen molar-refractivity contribution in [3.63, 3.8) is 0 Å². The van der Waals surface area contributed by atoms with E-state index in [0.717, 1.165) is 0 Å². The Morgan fingerprint density at radius 1 is 1.29 bits per heavy atom. The number of benzene rings is 2. The summed E-state index contributed by atoms with van der Waals surface area (Å²) >= 11 is 8.88. The van der Waals surface area contributed by atoms with Gasteiger partial charge in [0.2, 0.25) is 0 Å². The number of halogens is 3. The summed E-state index contributed by atoms with van der Waals surface area (Å²) in [4.78, 5) is 0. The van der Waals surface area contributed by atoms with E-state index in [9.17, 15) is 14.6 Å². The molecule has 0 aromatic heterocycles. The van der Waals surface area contributed by atoms with Crippen molar-refractivity contribution in [2.24, 2.45) is 0 Å². The Kier molecular flexibility index (Phi) is 4.71. The average Bonchev–Trinajstić information content (AvgIpc) is 2.40. The summed E-state index contributed by atoms with van der Waals surface area (Å²) in [5.41, 5.74) is -0.823. The summed E-state index contributed by atoms with van der Waals surface area (Å²) in [5.74, 6) is -0.531. The third kappa shape index (κ3) is 3.64. The van der Waals surface area contributed by atoms with Crippen LogP contribution in [0.5, 0.6) is 5.75 Å². The van der Waals surface area contributed by atoms with Gasteiger partial charge in [0.1, 0.15) is 17.2 Å². The molecule has 0 radical (unpaired) electrons. The number of phenols is 1. The smallest absolute Gasteiger partial charge is 0.136 e. The predicted octanol–water partition coefficient (Wildman–Crippen LogP) is 4.87. The van der Waals surface area contributed by atoms with Gasteiger partial charge in [0.25, 0.3) is 0 Å². The molecule has 2 aromatic rings. The SMILES string of the molecule is CC(O)(/C=C/c1ccc(Cl)cc1F)c1cccc(Br)c1O. The van der Waals surface area contributed by atoms with Crippen molar-refractivity contribution < 1.29 is 14.6 Å². The average molecular weight is 372 g/mol. The molecule has 2 nitrogen and oxygen atoms in total. The van der Waals surface area contributed by atoms with Crippen LogP contribution in [0, 0.1) is 5.82 Å². The molecular formula is C16H13BrClFO2. The maximum absolute atomic E-state index is 13.7. The van der Waals surface area contributed by atoms with E-state index >= 15 is 0 Å². The van der Waals surface area contributed by atoms with Crippen molar-refractivity contribution in [2.75, 3.05) is 0 Å². The number of para-hydroxylation sites is 1. The Bertz CT molecular complexity index is 699. The third-order valence-electron chi connectivity index (χ3n) is 3.08. The Morgan fingerprint density at radius 2 is 2.00 bits per heavy atom. The number of hydrogen-bond donors (Lipinski definition) is 2. The molecule has 0 heterocycles. The largest absolute Gasteiger partial charge is 0.506 e. The lowest BCUT2D eigenvalue weighted by Crippen LogP contribution is -2.17. The molecule has 0 spiro atoms. The lowest BCUT2D eigenvalue weighted by Gasteiger charge is -2.21. The Morgan fingerprint density at radius 3 is 2.67 bits per heavy atom. The fourth-order valence-electron chi connectivity index (χ4n) is 1.90. The van der Waals surface area contributed by atoms with E-state index < -0.39 is 11.4 Å². The summed E-state index contributed by atoms with van der Waals surface area (Å²) in [7, 11) is 0. The molecule has 0 aliphatic heterocycles. The standard InChI is InChI=1S/C16H13BrClFO2/c1-16(21,12-3-2-4-13(17)15(12)20)8-7-10-5-6-11(18)9-14(10)19/h2-9,20-21H,1H3/b8-7+. The maximum atomic E-state index is 13.7. The molecule has 5 heteroatoms. The number of rotatable bonds is 3. The molecule has 1 unspecified atom stereocenters. The number of hydrogen-bond acceptors (Lipinski definition) is 2. The van der Waals surface area contributed by atoms with E-state index in [2.05, 4.69) is 15.9 Å². The Hall–Kier alpha value is -1.36. The normalized spacial score (nSPS) is 14.3. The van der Waals surface area contributed by atoms with Crippen LogP contribution in [0.4, 0.5) is 4.39 Å². The van der Waals surface area contributed by atoms with Gasteiger partial charge in [0.05, 0.1) is 4.47 Å². The van der Waals surface area contributed by atoms with Gasteiger partial charge in [-0.3, -0.25) is 0 Å². The maximum Gasteiger partial charge on any atom is 0.136 e. The first-order valence-corrected chi connectivity index (χ1v) is 7.33. The molecule has 21 heavy (non-hydrogen) atoms. The molecule has 0 aliphatic rings. The van der Waals surface area contributed by atoms with Gasteiger partial charge in [-0.25, -0.2) is 4.39 Å². The minimum atomic E-state index is -1.44. The van der Waals surface area contributed by atoms with Gasteiger partial charge >= 0.3 is 0 Å². The van der Waals surface area contributed by atoms with Crippen LogP contribution in [-0.4, -0.2) is 10.2 Å². The summed E-state index contributed by atoms with van der Waals surface area (Å²) in [5, 5.41) is 20.8. The van der Waals surface area contributed by atoms with E-state index in [1.54, 1.807) is 24.3 Å². The van der Waals surface area contributed by atoms with Gasteiger partial charge in [0, 0.05) is 16.1 Å². The van der Waals surface area contributed by atoms with Crippen LogP contribution in [0.25, 0.3) is 6.08 Å². The van der Waals surface area contributed by atoms with E-state index in [0.29, 0.717) is 20.6 Å². The predicted molar refractivity (Wildman–Crippen MR) is 85.8 cm³/mol. The fraction of sp³-hybridized carbons (Fsp3) is 0.125. The first kappa shape index (κ1) is 16.0. The van der Waals surface area contributed by atoms with Gasteiger partial charge in [-0.05, 0) is 47.1 Å². The highest BCUT2D eigenvalue weighted by molar-refractivity contribution is 9.10. The van der Waals surface area contributed by atoms with Crippen LogP contribution in [-0.2, 0) is 5.60 Å². The van der Waals surface area contributed by atoms with Crippen LogP contribution >= 0.6 is 27.5 Å². The molecule has 2 N–H and O–H groups in total. The van der Waals surface area contributed by atoms with E-state index in [4.69, 9.17) is 11.6 Å². The molecule has 110 valence electrons. The topological polar surface area (TPSA) is 40.5 Å². The van der Waals surface area contributed by atoms with Crippen molar-refractivity contribution in [2.45, 2.75) is 12.5 Å². The monoisotopic (exact) mass is 370 g/mol. The van der Waals surface area contributed by atoms with Crippen LogP contribution in [0.1, 0.15) is 18.1 Å². The third-order valence-corrected chi connectivity index (χ3v) is 3.96. The van der Waals surface area contributed by atoms with Crippen LogP contribution in [0.15, 0.2) is 46.9 Å². The highest BCUT2D eigenvalue weighted by Crippen LogP contribution is 2.36. The lowest BCUT2D eigenvalue weighted by molar-refractivity contribution is 0.109. The number of aliphatic hydroxyl groups is 1. The van der Waals surface area contributed by atoms with E-state index in [1.165, 1.54) is 31.2 Å². The van der Waals surface area contributed by atoms with Crippen molar-refractivity contribution >= 4 is 33.6 Å². The molecule has 2 rings (SSSR count). The Labute approximate surface area is 135 Å². The zero-order chi connectivity index (χ0) is 15.6. The Balaban J connectivity index is 2.36. The van der Waals surface area contributed by atoms with Gasteiger partial charge in [-0.15, -0.1) is 0 Å². The van der Waals surface area contributed by atoms with Crippen molar-refractivity contribution in [1.29, 1.82) is 0 Å². The fourth-order valence-corrected chi connectivity index (χ4v) is 2.43. The molecule has 2 aromatic carbocycles. The zero-order valence-electron chi connectivity index (χ0n) is 11.1. The summed E-state index contributed by atoms with van der Waals surface area (Å²) in [6, 6.07) is 9.25. The minimum absolute atomic E-state index is 0.0521. The van der Waals surface area contributed by atoms with Crippen molar-refractivity contribution in [3.05, 3.63) is 68.9 Å². The number of phenolic OH excluding ortho intramolecular Hbond substituents is 1. The van der Waals surface area contributed by atoms with Gasteiger partial charge in [-0.2, -0.15) is 0 Å². The molecule has 0 bridgehead atoms. The first-order chi connectivity index (χ1) is 9.81. The lowest BCUT2D eigenvalue weighted by atomic mass is 9.94. The van der Waals surface area contributed by atoms with Crippen LogP contribution in [0.2, 0.25) is 5.02 Å². The van der Waals surface area contributed by atoms with Crippen LogP contribution in [0.3, 0.4) is 0 Å². The van der Waals surface area contributed by atoms with E-state index in [-0.39, 0.29) is 5.75 Å². The zero-order valence-corrected chi connectivity index (χ0v) is 13.5. The van der Waals surface area contributed by atoms with Crippen molar-refractivity contribution in [1.82, 2.24) is 0 Å². The molecule has 0 saturated heterocycles. The summed E-state index contributed by atoms with van der Waals surface area (Å²) < 4.78 is 14.2. The molecular weight excluding hydrogens is 359 g/mol. The summed E-state index contributed by atoms with van der Waals surface area (Å²) in [6.45, 7) is 1.51. The quantitative estimate of drug-likeness (QED) is 0.808. The summed E-state index contributed by atoms with van der Waals surface area (Å²) in [6.07, 6.45) is 2.87. The second kappa shape index (κ2) is 6.18. The van der Waals surface area contributed by atoms with Gasteiger partial charge in [-0.1, -0.05) is 35.9 Å². The van der Waals surface area contributed by atoms with Gasteiger partial charge < -0.3 is 10.2 Å². The molecule has 0 amide bonds. The molecule has 0 saturated carbocycles. The van der Waals surface area contributed by atoms with E-state index in [1.807, 2.05) is 0 Å². The van der Waals surface area contributed by atoms with Gasteiger partial charge in [0.15, 0.2) is 0 Å². The second-order valence-electron chi connectivity index (χ2n) is 4.78. The first-order valence-electron chi connectivity index (χ1n) is 6.16. The molecule has 1 atom stereocenters. The number of aromatic hydroxyl groups is 1. The minimum Gasteiger partial charge on any atom is -0.506 e. The highest BCUT2D eigenvalue weighted by atomic mass is 79.9.